The molecule has 2 aromatic heterocycles. The molecule has 1 atom stereocenters. The monoisotopic (exact) mass is 516 g/mol. The predicted molar refractivity (Wildman–Crippen MR) is 121 cm³/mol. The second-order valence-electron chi connectivity index (χ2n) is 8.62. The van der Waals surface area contributed by atoms with Crippen molar-refractivity contribution in [3.8, 4) is 5.88 Å². The number of H-pyrrole nitrogens is 1. The highest BCUT2D eigenvalue weighted by molar-refractivity contribution is 5.85. The van der Waals surface area contributed by atoms with Gasteiger partial charge in [0.05, 0.1) is 31.0 Å². The molecular formula is C24H26F6N4O2. The number of hydrogen-bond donors (Lipinski definition) is 3. The lowest BCUT2D eigenvalue weighted by molar-refractivity contribution is -0.0792. The van der Waals surface area contributed by atoms with Crippen molar-refractivity contribution in [2.45, 2.75) is 24.8 Å². The molecule has 1 aliphatic rings. The van der Waals surface area contributed by atoms with Gasteiger partial charge in [-0.1, -0.05) is 0 Å². The maximum absolute atomic E-state index is 15.6. The van der Waals surface area contributed by atoms with E-state index in [1.165, 1.54) is 23.1 Å². The molecule has 0 unspecified atom stereocenters. The van der Waals surface area contributed by atoms with Crippen molar-refractivity contribution >= 4 is 10.9 Å². The van der Waals surface area contributed by atoms with Crippen LogP contribution in [0.3, 0.4) is 0 Å². The number of aliphatic hydroxyl groups excluding tert-OH is 1. The smallest absolute Gasteiger partial charge is 0.283 e. The van der Waals surface area contributed by atoms with Gasteiger partial charge >= 0.3 is 0 Å². The molecule has 36 heavy (non-hydrogen) atoms. The summed E-state index contributed by atoms with van der Waals surface area (Å²) in [5.41, 5.74) is 0.756. The molecule has 0 saturated heterocycles. The first kappa shape index (κ1) is 26.2. The normalized spacial score (nSPS) is 16.5. The van der Waals surface area contributed by atoms with E-state index in [0.29, 0.717) is 29.4 Å². The van der Waals surface area contributed by atoms with E-state index >= 15 is 8.78 Å². The number of hydrogen-bond acceptors (Lipinski definition) is 5. The average Bonchev–Trinajstić information content (AvgIpc) is 3.21. The van der Waals surface area contributed by atoms with Gasteiger partial charge in [-0.15, -0.1) is 0 Å². The quantitative estimate of drug-likeness (QED) is 0.267. The van der Waals surface area contributed by atoms with Gasteiger partial charge in [-0.05, 0) is 43.1 Å². The number of ether oxygens (including phenoxy) is 1. The Morgan fingerprint density at radius 2 is 2.03 bits per heavy atom. The second-order valence-corrected chi connectivity index (χ2v) is 8.62. The van der Waals surface area contributed by atoms with Crippen LogP contribution in [-0.2, 0) is 6.42 Å². The van der Waals surface area contributed by atoms with Gasteiger partial charge in [0.25, 0.3) is 11.8 Å². The van der Waals surface area contributed by atoms with Crippen LogP contribution in [0.2, 0.25) is 0 Å². The standard InChI is InChI=1S/C24H26F6N4O2/c25-5-1-6-31-7-9-36-23-20(28)19(17(27)11-32-23)22-21-15(4-8-34(22)12-24(29,30)13-35)16-10-14(26)2-3-18(16)33-21/h2-3,10-11,22,31,33,35H,1,4-9,12-13H2/t22-/m1/s1. The van der Waals surface area contributed by atoms with Gasteiger partial charge in [0, 0.05) is 29.7 Å². The van der Waals surface area contributed by atoms with Crippen LogP contribution in [0.5, 0.6) is 5.88 Å². The third-order valence-corrected chi connectivity index (χ3v) is 6.11. The van der Waals surface area contributed by atoms with Crippen LogP contribution >= 0.6 is 0 Å². The van der Waals surface area contributed by atoms with Gasteiger partial charge in [-0.25, -0.2) is 26.9 Å². The number of rotatable bonds is 11. The number of pyridine rings is 1. The summed E-state index contributed by atoms with van der Waals surface area (Å²) in [7, 11) is 0. The Labute approximate surface area is 203 Å². The SMILES string of the molecule is OCC(F)(F)CN1CCc2c([nH]c3ccc(F)cc23)[C@H]1c1c(F)cnc(OCCNCCCF)c1F. The van der Waals surface area contributed by atoms with Crippen LogP contribution in [-0.4, -0.2) is 72.0 Å². The van der Waals surface area contributed by atoms with E-state index in [1.54, 1.807) is 0 Å². The summed E-state index contributed by atoms with van der Waals surface area (Å²) in [6, 6.07) is 2.63. The number of benzene rings is 1. The zero-order valence-corrected chi connectivity index (χ0v) is 19.3. The molecule has 3 N–H and O–H groups in total. The zero-order chi connectivity index (χ0) is 25.9. The van der Waals surface area contributed by atoms with Gasteiger partial charge in [0.2, 0.25) is 0 Å². The molecule has 4 rings (SSSR count). The van der Waals surface area contributed by atoms with Crippen LogP contribution in [0.4, 0.5) is 26.3 Å². The van der Waals surface area contributed by atoms with Crippen molar-refractivity contribution in [3.05, 3.63) is 58.7 Å². The van der Waals surface area contributed by atoms with E-state index in [2.05, 4.69) is 15.3 Å². The summed E-state index contributed by atoms with van der Waals surface area (Å²) in [6.45, 7) is -2.31. The van der Waals surface area contributed by atoms with Gasteiger partial charge < -0.3 is 20.1 Å². The first-order valence-corrected chi connectivity index (χ1v) is 11.5. The second kappa shape index (κ2) is 11.1. The van der Waals surface area contributed by atoms with Crippen molar-refractivity contribution in [1.29, 1.82) is 0 Å². The third-order valence-electron chi connectivity index (χ3n) is 6.11. The maximum atomic E-state index is 15.6. The molecule has 0 aliphatic carbocycles. The number of nitrogens with one attached hydrogen (secondary N) is 2. The summed E-state index contributed by atoms with van der Waals surface area (Å²) < 4.78 is 90.6. The Hall–Kier alpha value is -2.83. The van der Waals surface area contributed by atoms with Gasteiger partial charge in [0.1, 0.15) is 24.8 Å². The Kier molecular flexibility index (Phi) is 8.06. The number of aromatic amines is 1. The Balaban J connectivity index is 1.73. The van der Waals surface area contributed by atoms with Gasteiger partial charge in [0.15, 0.2) is 5.82 Å². The molecule has 0 saturated carbocycles. The third kappa shape index (κ3) is 5.45. The fraction of sp³-hybridized carbons (Fsp3) is 0.458. The lowest BCUT2D eigenvalue weighted by atomic mass is 9.91. The van der Waals surface area contributed by atoms with Crippen LogP contribution in [0, 0.1) is 17.5 Å². The number of aliphatic hydroxyl groups is 1. The molecule has 3 aromatic rings. The summed E-state index contributed by atoms with van der Waals surface area (Å²) >= 11 is 0. The number of alkyl halides is 3. The number of halogens is 6. The van der Waals surface area contributed by atoms with Gasteiger partial charge in [-0.2, -0.15) is 0 Å². The summed E-state index contributed by atoms with van der Waals surface area (Å²) in [6.07, 6.45) is 1.28. The molecule has 0 fully saturated rings. The highest BCUT2D eigenvalue weighted by atomic mass is 19.3. The van der Waals surface area contributed by atoms with Gasteiger partial charge in [-0.3, -0.25) is 9.29 Å². The number of nitrogens with zero attached hydrogens (tertiary/aromatic N) is 2. The fourth-order valence-corrected chi connectivity index (χ4v) is 4.50. The molecule has 1 aromatic carbocycles. The lowest BCUT2D eigenvalue weighted by Crippen LogP contribution is -2.45. The molecule has 1 aliphatic heterocycles. The molecule has 196 valence electrons. The summed E-state index contributed by atoms with van der Waals surface area (Å²) in [4.78, 5) is 7.86. The molecule has 3 heterocycles. The van der Waals surface area contributed by atoms with Crippen molar-refractivity contribution in [2.24, 2.45) is 0 Å². The van der Waals surface area contributed by atoms with E-state index in [1.807, 2.05) is 0 Å². The molecule has 12 heteroatoms. The first-order chi connectivity index (χ1) is 17.3. The Bertz CT molecular complexity index is 1210. The largest absolute Gasteiger partial charge is 0.474 e. The highest BCUT2D eigenvalue weighted by Gasteiger charge is 2.41. The summed E-state index contributed by atoms with van der Waals surface area (Å²) in [5, 5.41) is 12.5. The van der Waals surface area contributed by atoms with Crippen LogP contribution < -0.4 is 10.1 Å². The molecule has 0 bridgehead atoms. The van der Waals surface area contributed by atoms with E-state index in [0.717, 1.165) is 6.20 Å². The van der Waals surface area contributed by atoms with Crippen molar-refractivity contribution in [3.63, 3.8) is 0 Å². The molecule has 0 radical (unpaired) electrons. The van der Waals surface area contributed by atoms with Crippen LogP contribution in [0.15, 0.2) is 24.4 Å². The maximum Gasteiger partial charge on any atom is 0.283 e. The highest BCUT2D eigenvalue weighted by Crippen LogP contribution is 2.42. The molecule has 6 nitrogen and oxygen atoms in total. The number of fused-ring (bicyclic) bond motifs is 3. The van der Waals surface area contributed by atoms with Crippen molar-refractivity contribution in [1.82, 2.24) is 20.2 Å². The minimum absolute atomic E-state index is 0.0212. The molecule has 0 spiro atoms. The van der Waals surface area contributed by atoms with Crippen molar-refractivity contribution in [2.75, 3.05) is 46.1 Å². The predicted octanol–water partition coefficient (Wildman–Crippen LogP) is 3.88. The van der Waals surface area contributed by atoms with E-state index in [9.17, 15) is 17.6 Å². The van der Waals surface area contributed by atoms with E-state index in [-0.39, 0.29) is 31.8 Å². The Morgan fingerprint density at radius 3 is 2.78 bits per heavy atom. The van der Waals surface area contributed by atoms with E-state index in [4.69, 9.17) is 9.84 Å². The van der Waals surface area contributed by atoms with E-state index < -0.39 is 60.7 Å². The molecular weight excluding hydrogens is 490 g/mol. The van der Waals surface area contributed by atoms with Crippen LogP contribution in [0.25, 0.3) is 10.9 Å². The minimum Gasteiger partial charge on any atom is -0.474 e. The molecule has 0 amide bonds. The van der Waals surface area contributed by atoms with Crippen LogP contribution in [0.1, 0.15) is 29.3 Å². The first-order valence-electron chi connectivity index (χ1n) is 11.5. The topological polar surface area (TPSA) is 73.4 Å². The Morgan fingerprint density at radius 1 is 1.22 bits per heavy atom. The number of aromatic nitrogens is 2. The lowest BCUT2D eigenvalue weighted by Gasteiger charge is -2.37. The van der Waals surface area contributed by atoms with Crippen molar-refractivity contribution < 1.29 is 36.2 Å². The summed E-state index contributed by atoms with van der Waals surface area (Å²) in [5.74, 6) is -6.77. The average molecular weight is 516 g/mol. The fourth-order valence-electron chi connectivity index (χ4n) is 4.50. The zero-order valence-electron chi connectivity index (χ0n) is 19.3. The minimum atomic E-state index is -3.53.